The molecule has 1 aromatic heterocycles. The number of rotatable bonds is 7. The van der Waals surface area contributed by atoms with Gasteiger partial charge in [-0.25, -0.2) is 8.42 Å². The van der Waals surface area contributed by atoms with Crippen LogP contribution in [0.2, 0.25) is 0 Å². The van der Waals surface area contributed by atoms with Crippen LogP contribution in [0.1, 0.15) is 25.8 Å². The number of hydrogen-bond acceptors (Lipinski definition) is 4. The SMILES string of the molecule is CCCn1c(-c2ccc(NS(=O)(=O)CC)cc2)c(C#N)c2cc(OC)ccc21. The lowest BCUT2D eigenvalue weighted by molar-refractivity contribution is 0.415. The molecule has 2 aromatic carbocycles. The summed E-state index contributed by atoms with van der Waals surface area (Å²) in [7, 11) is -1.72. The van der Waals surface area contributed by atoms with Crippen molar-refractivity contribution in [2.75, 3.05) is 17.6 Å². The summed E-state index contributed by atoms with van der Waals surface area (Å²) in [6, 6.07) is 15.2. The zero-order valence-electron chi connectivity index (χ0n) is 16.2. The number of benzene rings is 2. The summed E-state index contributed by atoms with van der Waals surface area (Å²) in [4.78, 5) is 0. The number of nitrogens with zero attached hydrogens (tertiary/aromatic N) is 2. The molecule has 0 radical (unpaired) electrons. The molecule has 0 saturated heterocycles. The van der Waals surface area contributed by atoms with E-state index in [9.17, 15) is 13.7 Å². The van der Waals surface area contributed by atoms with Gasteiger partial charge in [0.05, 0.1) is 29.6 Å². The third-order valence-electron chi connectivity index (χ3n) is 4.64. The fourth-order valence-corrected chi connectivity index (χ4v) is 3.92. The normalized spacial score (nSPS) is 11.4. The van der Waals surface area contributed by atoms with Gasteiger partial charge in [0, 0.05) is 17.6 Å². The second-order valence-corrected chi connectivity index (χ2v) is 8.46. The molecule has 0 spiro atoms. The molecule has 3 aromatic rings. The summed E-state index contributed by atoms with van der Waals surface area (Å²) < 4.78 is 33.5. The maximum atomic E-state index is 11.8. The third kappa shape index (κ3) is 3.69. The number of nitriles is 1. The molecule has 0 unspecified atom stereocenters. The van der Waals surface area contributed by atoms with Gasteiger partial charge in [0.15, 0.2) is 0 Å². The van der Waals surface area contributed by atoms with E-state index in [-0.39, 0.29) is 5.75 Å². The number of aryl methyl sites for hydroxylation is 1. The number of fused-ring (bicyclic) bond motifs is 1. The van der Waals surface area contributed by atoms with Gasteiger partial charge < -0.3 is 9.30 Å². The van der Waals surface area contributed by atoms with Crippen molar-refractivity contribution in [2.45, 2.75) is 26.8 Å². The van der Waals surface area contributed by atoms with Crippen molar-refractivity contribution in [3.63, 3.8) is 0 Å². The largest absolute Gasteiger partial charge is 0.497 e. The first-order chi connectivity index (χ1) is 13.4. The van der Waals surface area contributed by atoms with Gasteiger partial charge in [-0.05, 0) is 49.2 Å². The minimum atomic E-state index is -3.33. The molecule has 146 valence electrons. The minimum absolute atomic E-state index is 0.0138. The first-order valence-electron chi connectivity index (χ1n) is 9.15. The van der Waals surface area contributed by atoms with E-state index < -0.39 is 10.0 Å². The van der Waals surface area contributed by atoms with E-state index in [0.717, 1.165) is 35.1 Å². The maximum absolute atomic E-state index is 11.8. The molecule has 7 heteroatoms. The fraction of sp³-hybridized carbons (Fsp3) is 0.286. The molecule has 0 aliphatic heterocycles. The lowest BCUT2D eigenvalue weighted by Gasteiger charge is -2.11. The number of methoxy groups -OCH3 is 1. The van der Waals surface area contributed by atoms with Gasteiger partial charge >= 0.3 is 0 Å². The van der Waals surface area contributed by atoms with Crippen LogP contribution >= 0.6 is 0 Å². The van der Waals surface area contributed by atoms with Crippen molar-refractivity contribution in [3.8, 4) is 23.1 Å². The number of ether oxygens (including phenoxy) is 1. The molecule has 0 aliphatic rings. The number of sulfonamides is 1. The smallest absolute Gasteiger partial charge is 0.232 e. The van der Waals surface area contributed by atoms with Crippen LogP contribution in [0.15, 0.2) is 42.5 Å². The van der Waals surface area contributed by atoms with Crippen LogP contribution in [0, 0.1) is 11.3 Å². The van der Waals surface area contributed by atoms with Crippen molar-refractivity contribution in [1.29, 1.82) is 5.26 Å². The Morgan fingerprint density at radius 2 is 1.86 bits per heavy atom. The van der Waals surface area contributed by atoms with Crippen LogP contribution in [-0.2, 0) is 16.6 Å². The van der Waals surface area contributed by atoms with Gasteiger partial charge in [0.2, 0.25) is 10.0 Å². The van der Waals surface area contributed by atoms with Gasteiger partial charge in [-0.2, -0.15) is 5.26 Å². The van der Waals surface area contributed by atoms with E-state index in [1.165, 1.54) is 0 Å². The average molecular weight is 398 g/mol. The molecule has 3 rings (SSSR count). The van der Waals surface area contributed by atoms with Crippen LogP contribution in [-0.4, -0.2) is 25.8 Å². The van der Waals surface area contributed by atoms with Gasteiger partial charge in [-0.1, -0.05) is 19.1 Å². The van der Waals surface area contributed by atoms with Crippen molar-refractivity contribution < 1.29 is 13.2 Å². The summed E-state index contributed by atoms with van der Waals surface area (Å²) in [6.07, 6.45) is 0.919. The molecule has 28 heavy (non-hydrogen) atoms. The third-order valence-corrected chi connectivity index (χ3v) is 5.95. The highest BCUT2D eigenvalue weighted by molar-refractivity contribution is 7.92. The predicted molar refractivity (Wildman–Crippen MR) is 112 cm³/mol. The van der Waals surface area contributed by atoms with E-state index in [1.54, 1.807) is 26.2 Å². The zero-order valence-corrected chi connectivity index (χ0v) is 17.0. The van der Waals surface area contributed by atoms with Crippen LogP contribution in [0.25, 0.3) is 22.2 Å². The standard InChI is InChI=1S/C21H23N3O3S/c1-4-12-24-20-11-10-17(27-3)13-18(20)19(14-22)21(24)15-6-8-16(9-7-15)23-28(25,26)5-2/h6-11,13,23H,4-5,12H2,1-3H3. The minimum Gasteiger partial charge on any atom is -0.497 e. The first kappa shape index (κ1) is 19.8. The van der Waals surface area contributed by atoms with Gasteiger partial charge in [0.1, 0.15) is 11.8 Å². The van der Waals surface area contributed by atoms with Crippen molar-refractivity contribution in [2.24, 2.45) is 0 Å². The quantitative estimate of drug-likeness (QED) is 0.642. The highest BCUT2D eigenvalue weighted by Gasteiger charge is 2.19. The molecule has 0 bridgehead atoms. The molecule has 0 aliphatic carbocycles. The lowest BCUT2D eigenvalue weighted by Crippen LogP contribution is -2.14. The second-order valence-electron chi connectivity index (χ2n) is 6.45. The molecule has 0 amide bonds. The van der Waals surface area contributed by atoms with E-state index in [2.05, 4.69) is 22.3 Å². The summed E-state index contributed by atoms with van der Waals surface area (Å²) in [5.41, 5.74) is 3.76. The Morgan fingerprint density at radius 1 is 1.14 bits per heavy atom. The fourth-order valence-electron chi connectivity index (χ4n) is 3.28. The Kier molecular flexibility index (Phi) is 5.61. The molecule has 0 saturated carbocycles. The maximum Gasteiger partial charge on any atom is 0.232 e. The van der Waals surface area contributed by atoms with Crippen LogP contribution < -0.4 is 9.46 Å². The van der Waals surface area contributed by atoms with E-state index in [4.69, 9.17) is 4.74 Å². The average Bonchev–Trinajstić information content (AvgIpc) is 3.01. The Bertz CT molecular complexity index is 1140. The number of hydrogen-bond donors (Lipinski definition) is 1. The van der Waals surface area contributed by atoms with Crippen LogP contribution in [0.4, 0.5) is 5.69 Å². The van der Waals surface area contributed by atoms with Gasteiger partial charge in [0.25, 0.3) is 0 Å². The molecule has 0 fully saturated rings. The number of nitrogens with one attached hydrogen (secondary N) is 1. The molecular weight excluding hydrogens is 374 g/mol. The highest BCUT2D eigenvalue weighted by atomic mass is 32.2. The van der Waals surface area contributed by atoms with Gasteiger partial charge in [-0.15, -0.1) is 0 Å². The summed E-state index contributed by atoms with van der Waals surface area (Å²) in [5, 5.41) is 10.7. The highest BCUT2D eigenvalue weighted by Crippen LogP contribution is 2.36. The molecular formula is C21H23N3O3S. The first-order valence-corrected chi connectivity index (χ1v) is 10.8. The summed E-state index contributed by atoms with van der Waals surface area (Å²) >= 11 is 0. The van der Waals surface area contributed by atoms with Crippen molar-refractivity contribution in [1.82, 2.24) is 4.57 Å². The number of anilines is 1. The Balaban J connectivity index is 2.16. The van der Waals surface area contributed by atoms with E-state index >= 15 is 0 Å². The Hall–Kier alpha value is -2.98. The van der Waals surface area contributed by atoms with Crippen molar-refractivity contribution >= 4 is 26.6 Å². The molecule has 1 N–H and O–H groups in total. The summed E-state index contributed by atoms with van der Waals surface area (Å²) in [6.45, 7) is 4.45. The molecule has 6 nitrogen and oxygen atoms in total. The Morgan fingerprint density at radius 3 is 2.43 bits per heavy atom. The van der Waals surface area contributed by atoms with Gasteiger partial charge in [-0.3, -0.25) is 4.72 Å². The predicted octanol–water partition coefficient (Wildman–Crippen LogP) is 4.36. The lowest BCUT2D eigenvalue weighted by atomic mass is 10.1. The zero-order chi connectivity index (χ0) is 20.3. The Labute approximate surface area is 165 Å². The molecule has 0 atom stereocenters. The summed E-state index contributed by atoms with van der Waals surface area (Å²) in [5.74, 6) is 0.716. The van der Waals surface area contributed by atoms with E-state index in [1.807, 2.05) is 30.3 Å². The van der Waals surface area contributed by atoms with E-state index in [0.29, 0.717) is 17.0 Å². The monoisotopic (exact) mass is 397 g/mol. The number of aromatic nitrogens is 1. The topological polar surface area (TPSA) is 84.1 Å². The second kappa shape index (κ2) is 7.95. The molecule has 1 heterocycles. The van der Waals surface area contributed by atoms with Crippen LogP contribution in [0.3, 0.4) is 0 Å². The van der Waals surface area contributed by atoms with Crippen molar-refractivity contribution in [3.05, 3.63) is 48.0 Å². The van der Waals surface area contributed by atoms with Crippen LogP contribution in [0.5, 0.6) is 5.75 Å².